The van der Waals surface area contributed by atoms with Crippen LogP contribution in [0.1, 0.15) is 12.8 Å². The van der Waals surface area contributed by atoms with Gasteiger partial charge in [0.1, 0.15) is 0 Å². The summed E-state index contributed by atoms with van der Waals surface area (Å²) in [5.41, 5.74) is 0. The zero-order valence-electron chi connectivity index (χ0n) is 12.7. The van der Waals surface area contributed by atoms with Crippen molar-refractivity contribution in [3.05, 3.63) is 17.5 Å². The van der Waals surface area contributed by atoms with Gasteiger partial charge in [0.05, 0.1) is 11.6 Å². The summed E-state index contributed by atoms with van der Waals surface area (Å²) in [5.74, 6) is 0.872. The molecule has 0 radical (unpaired) electrons. The van der Waals surface area contributed by atoms with Crippen LogP contribution >= 0.6 is 35.3 Å². The Kier molecular flexibility index (Phi) is 9.02. The van der Waals surface area contributed by atoms with Gasteiger partial charge in [-0.25, -0.2) is 0 Å². The number of halogens is 1. The molecule has 1 aliphatic rings. The first kappa shape index (κ1) is 18.5. The number of nitrogens with one attached hydrogen (secondary N) is 2. The molecule has 0 unspecified atom stereocenters. The summed E-state index contributed by atoms with van der Waals surface area (Å²) < 4.78 is 5.03. The quantitative estimate of drug-likeness (QED) is 0.329. The lowest BCUT2D eigenvalue weighted by Crippen LogP contribution is -2.49. The van der Waals surface area contributed by atoms with E-state index in [2.05, 4.69) is 38.0 Å². The molecule has 120 valence electrons. The third-order valence-electron chi connectivity index (χ3n) is 3.48. The van der Waals surface area contributed by atoms with Crippen LogP contribution < -0.4 is 15.5 Å². The van der Waals surface area contributed by atoms with Crippen LogP contribution in [0.5, 0.6) is 0 Å². The van der Waals surface area contributed by atoms with E-state index in [9.17, 15) is 0 Å². The monoisotopic (exact) mass is 424 g/mol. The molecule has 0 aliphatic carbocycles. The third-order valence-corrected chi connectivity index (χ3v) is 4.40. The van der Waals surface area contributed by atoms with E-state index in [-0.39, 0.29) is 24.0 Å². The van der Waals surface area contributed by atoms with Crippen LogP contribution in [0.2, 0.25) is 0 Å². The predicted molar refractivity (Wildman–Crippen MR) is 101 cm³/mol. The fourth-order valence-corrected chi connectivity index (χ4v) is 3.14. The minimum Gasteiger partial charge on any atom is -0.383 e. The van der Waals surface area contributed by atoms with Crippen molar-refractivity contribution >= 4 is 46.3 Å². The molecule has 0 amide bonds. The summed E-state index contributed by atoms with van der Waals surface area (Å²) in [4.78, 5) is 6.71. The van der Waals surface area contributed by atoms with Gasteiger partial charge in [0, 0.05) is 39.8 Å². The summed E-state index contributed by atoms with van der Waals surface area (Å²) in [6.07, 6.45) is 2.28. The first-order valence-corrected chi connectivity index (χ1v) is 7.96. The number of anilines is 1. The second-order valence-electron chi connectivity index (χ2n) is 4.85. The number of thiophene rings is 1. The van der Waals surface area contributed by atoms with Crippen LogP contribution in [0.15, 0.2) is 22.5 Å². The van der Waals surface area contributed by atoms with E-state index in [4.69, 9.17) is 4.74 Å². The van der Waals surface area contributed by atoms with Crippen LogP contribution in [0.25, 0.3) is 0 Å². The van der Waals surface area contributed by atoms with E-state index in [1.807, 2.05) is 18.4 Å². The number of methoxy groups -OCH3 is 1. The highest BCUT2D eigenvalue weighted by Gasteiger charge is 2.20. The minimum absolute atomic E-state index is 0. The standard InChI is InChI=1S/C14H24N4OS.HI/c1-15-14(16-7-10-19-2)17-12-5-8-18(9-6-12)13-4-3-11-20-13;/h3-4,11-12H,5-10H2,1-2H3,(H2,15,16,17);1H. The molecular weight excluding hydrogens is 399 g/mol. The fraction of sp³-hybridized carbons (Fsp3) is 0.643. The highest BCUT2D eigenvalue weighted by Crippen LogP contribution is 2.24. The van der Waals surface area contributed by atoms with Crippen molar-refractivity contribution in [1.82, 2.24) is 10.6 Å². The second-order valence-corrected chi connectivity index (χ2v) is 5.77. The topological polar surface area (TPSA) is 48.9 Å². The Morgan fingerprint density at radius 1 is 1.48 bits per heavy atom. The maximum absolute atomic E-state index is 5.03. The Labute approximate surface area is 148 Å². The molecule has 1 aromatic heterocycles. The smallest absolute Gasteiger partial charge is 0.191 e. The van der Waals surface area contributed by atoms with Gasteiger partial charge in [-0.2, -0.15) is 0 Å². The SMILES string of the molecule is CN=C(NCCOC)NC1CCN(c2cccs2)CC1.I. The van der Waals surface area contributed by atoms with Gasteiger partial charge < -0.3 is 20.3 Å². The molecule has 2 rings (SSSR count). The first-order chi connectivity index (χ1) is 9.83. The summed E-state index contributed by atoms with van der Waals surface area (Å²) >= 11 is 1.82. The zero-order chi connectivity index (χ0) is 14.2. The van der Waals surface area contributed by atoms with Gasteiger partial charge in [0.2, 0.25) is 0 Å². The largest absolute Gasteiger partial charge is 0.383 e. The third kappa shape index (κ3) is 5.99. The van der Waals surface area contributed by atoms with Crippen LogP contribution in [-0.2, 0) is 4.74 Å². The molecule has 1 aromatic rings. The van der Waals surface area contributed by atoms with Crippen LogP contribution in [0.3, 0.4) is 0 Å². The first-order valence-electron chi connectivity index (χ1n) is 7.08. The number of rotatable bonds is 5. The molecule has 0 spiro atoms. The summed E-state index contributed by atoms with van der Waals surface area (Å²) in [6.45, 7) is 3.68. The zero-order valence-corrected chi connectivity index (χ0v) is 15.8. The molecule has 1 aliphatic heterocycles. The van der Waals surface area contributed by atoms with E-state index in [0.717, 1.165) is 38.4 Å². The van der Waals surface area contributed by atoms with Crippen molar-refractivity contribution < 1.29 is 4.74 Å². The van der Waals surface area contributed by atoms with Crippen LogP contribution in [0, 0.1) is 0 Å². The van der Waals surface area contributed by atoms with Gasteiger partial charge in [0.25, 0.3) is 0 Å². The molecule has 1 fully saturated rings. The molecule has 0 bridgehead atoms. The Bertz CT molecular complexity index is 405. The van der Waals surface area contributed by atoms with Crippen molar-refractivity contribution in [1.29, 1.82) is 0 Å². The maximum Gasteiger partial charge on any atom is 0.191 e. The molecule has 0 atom stereocenters. The summed E-state index contributed by atoms with van der Waals surface area (Å²) in [5, 5.41) is 10.3. The highest BCUT2D eigenvalue weighted by atomic mass is 127. The van der Waals surface area contributed by atoms with Gasteiger partial charge in [0.15, 0.2) is 5.96 Å². The molecule has 5 nitrogen and oxygen atoms in total. The molecule has 1 saturated heterocycles. The number of hydrogen-bond donors (Lipinski definition) is 2. The lowest BCUT2D eigenvalue weighted by Gasteiger charge is -2.33. The molecule has 21 heavy (non-hydrogen) atoms. The number of ether oxygens (including phenoxy) is 1. The van der Waals surface area contributed by atoms with Crippen LogP contribution in [0.4, 0.5) is 5.00 Å². The molecule has 0 saturated carbocycles. The second kappa shape index (κ2) is 10.2. The summed E-state index contributed by atoms with van der Waals surface area (Å²) in [6, 6.07) is 4.82. The van der Waals surface area contributed by atoms with E-state index < -0.39 is 0 Å². The Morgan fingerprint density at radius 2 is 2.24 bits per heavy atom. The van der Waals surface area contributed by atoms with Crippen molar-refractivity contribution in [3.8, 4) is 0 Å². The minimum atomic E-state index is 0. The number of piperidine rings is 1. The van der Waals surface area contributed by atoms with Crippen molar-refractivity contribution in [2.24, 2.45) is 4.99 Å². The van der Waals surface area contributed by atoms with E-state index in [1.165, 1.54) is 5.00 Å². The average molecular weight is 424 g/mol. The van der Waals surface area contributed by atoms with Gasteiger partial charge in [-0.15, -0.1) is 35.3 Å². The van der Waals surface area contributed by atoms with Gasteiger partial charge in [-0.05, 0) is 30.4 Å². The average Bonchev–Trinajstić information content (AvgIpc) is 3.01. The van der Waals surface area contributed by atoms with Crippen molar-refractivity contribution in [2.45, 2.75) is 18.9 Å². The Morgan fingerprint density at radius 3 is 2.81 bits per heavy atom. The number of hydrogen-bond acceptors (Lipinski definition) is 4. The Balaban J connectivity index is 0.00000220. The fourth-order valence-electron chi connectivity index (χ4n) is 2.35. The molecule has 0 aromatic carbocycles. The Hall–Kier alpha value is -0.540. The number of nitrogens with zero attached hydrogens (tertiary/aromatic N) is 2. The van der Waals surface area contributed by atoms with Crippen molar-refractivity contribution in [3.63, 3.8) is 0 Å². The predicted octanol–water partition coefficient (Wildman–Crippen LogP) is 2.15. The van der Waals surface area contributed by atoms with E-state index >= 15 is 0 Å². The van der Waals surface area contributed by atoms with Crippen molar-refractivity contribution in [2.75, 3.05) is 45.3 Å². The molecular formula is C14H25IN4OS. The van der Waals surface area contributed by atoms with Gasteiger partial charge >= 0.3 is 0 Å². The van der Waals surface area contributed by atoms with Gasteiger partial charge in [-0.3, -0.25) is 4.99 Å². The molecule has 7 heteroatoms. The number of aliphatic imine (C=N–C) groups is 1. The highest BCUT2D eigenvalue weighted by molar-refractivity contribution is 14.0. The van der Waals surface area contributed by atoms with E-state index in [1.54, 1.807) is 7.11 Å². The normalized spacial score (nSPS) is 16.5. The number of guanidine groups is 1. The van der Waals surface area contributed by atoms with E-state index in [0.29, 0.717) is 12.6 Å². The lowest BCUT2D eigenvalue weighted by molar-refractivity contribution is 0.203. The van der Waals surface area contributed by atoms with Crippen LogP contribution in [-0.4, -0.2) is 52.4 Å². The molecule has 2 heterocycles. The molecule has 2 N–H and O–H groups in total. The van der Waals surface area contributed by atoms with Gasteiger partial charge in [-0.1, -0.05) is 0 Å². The summed E-state index contributed by atoms with van der Waals surface area (Å²) in [7, 11) is 3.51. The maximum atomic E-state index is 5.03. The lowest BCUT2D eigenvalue weighted by atomic mass is 10.1.